The second kappa shape index (κ2) is 6.42. The summed E-state index contributed by atoms with van der Waals surface area (Å²) < 4.78 is 36.9. The standard InChI is InChI=1S/C13H13Cl2F3N2O/c14-9-1-2-10(11(15)7-9)12(21)20-5-3-19(4-6-20)8-13(16,17)18/h1-2,7H,3-6,8H2. The van der Waals surface area contributed by atoms with Gasteiger partial charge in [-0.1, -0.05) is 23.2 Å². The molecule has 1 fully saturated rings. The van der Waals surface area contributed by atoms with E-state index >= 15 is 0 Å². The number of halogens is 5. The highest BCUT2D eigenvalue weighted by atomic mass is 35.5. The molecule has 0 aliphatic carbocycles. The highest BCUT2D eigenvalue weighted by molar-refractivity contribution is 6.36. The van der Waals surface area contributed by atoms with Crippen LogP contribution in [0.15, 0.2) is 18.2 Å². The Balaban J connectivity index is 1.97. The van der Waals surface area contributed by atoms with Crippen LogP contribution in [0.2, 0.25) is 10.0 Å². The van der Waals surface area contributed by atoms with Crippen LogP contribution in [-0.4, -0.2) is 54.6 Å². The Morgan fingerprint density at radius 1 is 1.14 bits per heavy atom. The van der Waals surface area contributed by atoms with Gasteiger partial charge >= 0.3 is 6.18 Å². The van der Waals surface area contributed by atoms with Gasteiger partial charge in [-0.25, -0.2) is 0 Å². The lowest BCUT2D eigenvalue weighted by Gasteiger charge is -2.35. The van der Waals surface area contributed by atoms with Crippen molar-refractivity contribution in [3.63, 3.8) is 0 Å². The lowest BCUT2D eigenvalue weighted by Crippen LogP contribution is -2.50. The first-order valence-corrected chi connectivity index (χ1v) is 7.05. The van der Waals surface area contributed by atoms with Crippen LogP contribution in [0.1, 0.15) is 10.4 Å². The van der Waals surface area contributed by atoms with Crippen LogP contribution in [0.4, 0.5) is 13.2 Å². The average molecular weight is 341 g/mol. The van der Waals surface area contributed by atoms with Crippen LogP contribution in [0.5, 0.6) is 0 Å². The van der Waals surface area contributed by atoms with Gasteiger partial charge in [-0.3, -0.25) is 9.69 Å². The second-order valence-electron chi connectivity index (χ2n) is 4.81. The van der Waals surface area contributed by atoms with Crippen LogP contribution in [0.3, 0.4) is 0 Å². The SMILES string of the molecule is O=C(c1ccc(Cl)cc1Cl)N1CCN(CC(F)(F)F)CC1. The van der Waals surface area contributed by atoms with Crippen LogP contribution >= 0.6 is 23.2 Å². The molecule has 1 aliphatic heterocycles. The second-order valence-corrected chi connectivity index (χ2v) is 5.65. The molecular formula is C13H13Cl2F3N2O. The van der Waals surface area contributed by atoms with Crippen molar-refractivity contribution in [2.75, 3.05) is 32.7 Å². The Labute approximate surface area is 130 Å². The first-order chi connectivity index (χ1) is 9.76. The van der Waals surface area contributed by atoms with Gasteiger partial charge in [0.15, 0.2) is 0 Å². The minimum absolute atomic E-state index is 0.191. The van der Waals surface area contributed by atoms with Gasteiger partial charge in [0.05, 0.1) is 17.1 Å². The highest BCUT2D eigenvalue weighted by Gasteiger charge is 2.33. The van der Waals surface area contributed by atoms with Gasteiger partial charge < -0.3 is 4.90 Å². The zero-order valence-electron chi connectivity index (χ0n) is 11.0. The number of rotatable bonds is 2. The Kier molecular flexibility index (Phi) is 5.01. The van der Waals surface area contributed by atoms with E-state index in [0.29, 0.717) is 10.6 Å². The lowest BCUT2D eigenvalue weighted by molar-refractivity contribution is -0.148. The molecule has 8 heteroatoms. The van der Waals surface area contributed by atoms with E-state index < -0.39 is 12.7 Å². The van der Waals surface area contributed by atoms with Gasteiger partial charge in [-0.15, -0.1) is 0 Å². The van der Waals surface area contributed by atoms with Crippen LogP contribution in [-0.2, 0) is 0 Å². The van der Waals surface area contributed by atoms with Gasteiger partial charge in [-0.05, 0) is 18.2 Å². The maximum atomic E-state index is 12.3. The third-order valence-electron chi connectivity index (χ3n) is 3.22. The Morgan fingerprint density at radius 2 is 1.76 bits per heavy atom. The predicted molar refractivity (Wildman–Crippen MR) is 74.9 cm³/mol. The molecule has 21 heavy (non-hydrogen) atoms. The molecule has 1 aliphatic rings. The summed E-state index contributed by atoms with van der Waals surface area (Å²) in [4.78, 5) is 15.1. The van der Waals surface area contributed by atoms with E-state index in [4.69, 9.17) is 23.2 Å². The topological polar surface area (TPSA) is 23.6 Å². The Bertz CT molecular complexity index is 529. The molecule has 1 saturated heterocycles. The van der Waals surface area contributed by atoms with Crippen molar-refractivity contribution in [2.24, 2.45) is 0 Å². The summed E-state index contributed by atoms with van der Waals surface area (Å²) in [5.41, 5.74) is 0.310. The maximum Gasteiger partial charge on any atom is 0.401 e. The first-order valence-electron chi connectivity index (χ1n) is 6.30. The summed E-state index contributed by atoms with van der Waals surface area (Å²) in [5, 5.41) is 0.664. The molecule has 0 atom stereocenters. The predicted octanol–water partition coefficient (Wildman–Crippen LogP) is 3.31. The zero-order valence-corrected chi connectivity index (χ0v) is 12.5. The van der Waals surface area contributed by atoms with E-state index in [1.807, 2.05) is 0 Å². The molecule has 0 saturated carbocycles. The van der Waals surface area contributed by atoms with E-state index in [0.717, 1.165) is 0 Å². The van der Waals surface area contributed by atoms with Crippen molar-refractivity contribution in [1.82, 2.24) is 9.80 Å². The summed E-state index contributed by atoms with van der Waals surface area (Å²) in [6.07, 6.45) is -4.22. The van der Waals surface area contributed by atoms with Crippen LogP contribution in [0, 0.1) is 0 Å². The highest BCUT2D eigenvalue weighted by Crippen LogP contribution is 2.23. The fourth-order valence-corrected chi connectivity index (χ4v) is 2.69. The normalized spacial score (nSPS) is 17.1. The largest absolute Gasteiger partial charge is 0.401 e. The molecule has 0 radical (unpaired) electrons. The number of hydrogen-bond acceptors (Lipinski definition) is 2. The fraction of sp³-hybridized carbons (Fsp3) is 0.462. The molecular weight excluding hydrogens is 328 g/mol. The van der Waals surface area contributed by atoms with Crippen molar-refractivity contribution < 1.29 is 18.0 Å². The molecule has 1 aromatic carbocycles. The molecule has 3 nitrogen and oxygen atoms in total. The van der Waals surface area contributed by atoms with E-state index in [2.05, 4.69) is 0 Å². The lowest BCUT2D eigenvalue weighted by atomic mass is 10.2. The molecule has 2 rings (SSSR count). The zero-order chi connectivity index (χ0) is 15.6. The van der Waals surface area contributed by atoms with Gasteiger partial charge in [0.1, 0.15) is 0 Å². The maximum absolute atomic E-state index is 12.3. The quantitative estimate of drug-likeness (QED) is 0.824. The number of carbonyl (C=O) groups excluding carboxylic acids is 1. The number of nitrogens with zero attached hydrogens (tertiary/aromatic N) is 2. The number of alkyl halides is 3. The van der Waals surface area contributed by atoms with Crippen molar-refractivity contribution >= 4 is 29.1 Å². The smallest absolute Gasteiger partial charge is 0.336 e. The number of carbonyl (C=O) groups is 1. The van der Waals surface area contributed by atoms with Crippen LogP contribution in [0.25, 0.3) is 0 Å². The first kappa shape index (κ1) is 16.4. The van der Waals surface area contributed by atoms with Crippen molar-refractivity contribution in [1.29, 1.82) is 0 Å². The van der Waals surface area contributed by atoms with Gasteiger partial charge in [0.2, 0.25) is 0 Å². The number of hydrogen-bond donors (Lipinski definition) is 0. The molecule has 0 unspecified atom stereocenters. The third kappa shape index (κ3) is 4.49. The number of amides is 1. The molecule has 0 N–H and O–H groups in total. The summed E-state index contributed by atoms with van der Waals surface area (Å²) in [6.45, 7) is -0.0780. The minimum Gasteiger partial charge on any atom is -0.336 e. The number of benzene rings is 1. The molecule has 116 valence electrons. The molecule has 0 bridgehead atoms. The third-order valence-corrected chi connectivity index (χ3v) is 3.77. The average Bonchev–Trinajstić information content (AvgIpc) is 2.37. The number of piperazine rings is 1. The molecule has 0 spiro atoms. The Hall–Kier alpha value is -0.980. The fourth-order valence-electron chi connectivity index (χ4n) is 2.20. The summed E-state index contributed by atoms with van der Waals surface area (Å²) in [6, 6.07) is 4.55. The summed E-state index contributed by atoms with van der Waals surface area (Å²) in [5.74, 6) is -0.289. The van der Waals surface area contributed by atoms with E-state index in [1.165, 1.54) is 21.9 Å². The molecule has 1 amide bonds. The molecule has 0 aromatic heterocycles. The van der Waals surface area contributed by atoms with Gasteiger partial charge in [0.25, 0.3) is 5.91 Å². The van der Waals surface area contributed by atoms with E-state index in [1.54, 1.807) is 6.07 Å². The van der Waals surface area contributed by atoms with Crippen molar-refractivity contribution in [3.05, 3.63) is 33.8 Å². The van der Waals surface area contributed by atoms with Gasteiger partial charge in [0, 0.05) is 31.2 Å². The van der Waals surface area contributed by atoms with Crippen LogP contribution < -0.4 is 0 Å². The van der Waals surface area contributed by atoms with Crippen molar-refractivity contribution in [2.45, 2.75) is 6.18 Å². The summed E-state index contributed by atoms with van der Waals surface area (Å²) in [7, 11) is 0. The monoisotopic (exact) mass is 340 g/mol. The van der Waals surface area contributed by atoms with E-state index in [-0.39, 0.29) is 37.1 Å². The summed E-state index contributed by atoms with van der Waals surface area (Å²) >= 11 is 11.7. The van der Waals surface area contributed by atoms with Crippen molar-refractivity contribution in [3.8, 4) is 0 Å². The van der Waals surface area contributed by atoms with E-state index in [9.17, 15) is 18.0 Å². The minimum atomic E-state index is -4.22. The Morgan fingerprint density at radius 3 is 2.29 bits per heavy atom. The molecule has 1 heterocycles. The molecule has 1 aromatic rings. The van der Waals surface area contributed by atoms with Gasteiger partial charge in [-0.2, -0.15) is 13.2 Å².